The molecule has 0 unspecified atom stereocenters. The quantitative estimate of drug-likeness (QED) is 0.650. The van der Waals surface area contributed by atoms with E-state index in [2.05, 4.69) is 10.1 Å². The zero-order valence-electron chi connectivity index (χ0n) is 12.7. The minimum atomic E-state index is -0.335. The van der Waals surface area contributed by atoms with Crippen LogP contribution in [0.2, 0.25) is 0 Å². The minimum absolute atomic E-state index is 0.00685. The Morgan fingerprint density at radius 2 is 2.00 bits per heavy atom. The summed E-state index contributed by atoms with van der Waals surface area (Å²) in [5.41, 5.74) is 1.01. The average Bonchev–Trinajstić information content (AvgIpc) is 3.21. The number of hydrogen-bond acceptors (Lipinski definition) is 6. The summed E-state index contributed by atoms with van der Waals surface area (Å²) in [7, 11) is 0. The number of carbonyl (C=O) groups is 1. The van der Waals surface area contributed by atoms with Gasteiger partial charge in [-0.25, -0.2) is 0 Å². The van der Waals surface area contributed by atoms with Crippen molar-refractivity contribution in [2.75, 3.05) is 0 Å². The van der Waals surface area contributed by atoms with Crippen LogP contribution in [0.25, 0.3) is 11.3 Å². The summed E-state index contributed by atoms with van der Waals surface area (Å²) in [6, 6.07) is 13.6. The van der Waals surface area contributed by atoms with Crippen molar-refractivity contribution in [2.24, 2.45) is 0 Å². The first kappa shape index (κ1) is 15.0. The van der Waals surface area contributed by atoms with Gasteiger partial charge in [-0.05, 0) is 19.1 Å². The lowest BCUT2D eigenvalue weighted by molar-refractivity contribution is -0.145. The van der Waals surface area contributed by atoms with Gasteiger partial charge < -0.3 is 13.7 Å². The van der Waals surface area contributed by atoms with Crippen molar-refractivity contribution >= 4 is 5.97 Å². The normalized spacial score (nSPS) is 10.7. The Balaban J connectivity index is 1.48. The Morgan fingerprint density at radius 3 is 2.74 bits per heavy atom. The van der Waals surface area contributed by atoms with Gasteiger partial charge in [0.25, 0.3) is 5.89 Å². The van der Waals surface area contributed by atoms with Crippen molar-refractivity contribution in [3.63, 3.8) is 0 Å². The highest BCUT2D eigenvalue weighted by atomic mass is 16.6. The van der Waals surface area contributed by atoms with E-state index in [9.17, 15) is 4.79 Å². The first-order valence-corrected chi connectivity index (χ1v) is 7.29. The summed E-state index contributed by atoms with van der Waals surface area (Å²) < 4.78 is 15.7. The van der Waals surface area contributed by atoms with Gasteiger partial charge >= 0.3 is 5.97 Å². The number of esters is 1. The van der Waals surface area contributed by atoms with Gasteiger partial charge in [0.15, 0.2) is 12.4 Å². The van der Waals surface area contributed by atoms with E-state index in [4.69, 9.17) is 13.7 Å². The molecule has 0 radical (unpaired) electrons. The lowest BCUT2D eigenvalue weighted by Crippen LogP contribution is -2.05. The van der Waals surface area contributed by atoms with Crippen LogP contribution in [0.3, 0.4) is 0 Å². The van der Waals surface area contributed by atoms with Crippen molar-refractivity contribution in [1.29, 1.82) is 0 Å². The molecule has 0 aliphatic rings. The smallest absolute Gasteiger partial charge is 0.306 e. The van der Waals surface area contributed by atoms with Crippen LogP contribution in [-0.4, -0.2) is 16.1 Å². The van der Waals surface area contributed by atoms with Gasteiger partial charge in [-0.1, -0.05) is 35.5 Å². The molecule has 23 heavy (non-hydrogen) atoms. The van der Waals surface area contributed by atoms with Gasteiger partial charge in [0.1, 0.15) is 11.5 Å². The molecule has 0 aliphatic heterocycles. The van der Waals surface area contributed by atoms with E-state index in [-0.39, 0.29) is 19.0 Å². The Kier molecular flexibility index (Phi) is 4.52. The summed E-state index contributed by atoms with van der Waals surface area (Å²) in [5.74, 6) is 2.00. The maximum absolute atomic E-state index is 11.7. The predicted octanol–water partition coefficient (Wildman–Crippen LogP) is 3.31. The van der Waals surface area contributed by atoms with Crippen LogP contribution in [0.15, 0.2) is 51.4 Å². The zero-order valence-corrected chi connectivity index (χ0v) is 12.7. The molecule has 0 saturated carbocycles. The number of aryl methyl sites for hydroxylation is 2. The van der Waals surface area contributed by atoms with Crippen LogP contribution >= 0.6 is 0 Å². The molecule has 0 spiro atoms. The Bertz CT molecular complexity index is 777. The van der Waals surface area contributed by atoms with E-state index in [0.717, 1.165) is 17.1 Å². The molecule has 6 nitrogen and oxygen atoms in total. The fourth-order valence-electron chi connectivity index (χ4n) is 2.11. The van der Waals surface area contributed by atoms with Crippen LogP contribution < -0.4 is 0 Å². The van der Waals surface area contributed by atoms with E-state index in [1.54, 1.807) is 6.92 Å². The zero-order chi connectivity index (χ0) is 16.1. The SMILES string of the molecule is Cc1noc(COC(=O)CCc2ccc(-c3ccccc3)o2)n1. The maximum atomic E-state index is 11.7. The van der Waals surface area contributed by atoms with Crippen LogP contribution in [0.1, 0.15) is 23.9 Å². The van der Waals surface area contributed by atoms with E-state index in [1.807, 2.05) is 42.5 Å². The first-order valence-electron chi connectivity index (χ1n) is 7.29. The molecule has 3 rings (SSSR count). The molecule has 0 aliphatic carbocycles. The fraction of sp³-hybridized carbons (Fsp3) is 0.235. The van der Waals surface area contributed by atoms with Gasteiger partial charge in [0.2, 0.25) is 0 Å². The number of benzene rings is 1. The third kappa shape index (κ3) is 4.06. The lowest BCUT2D eigenvalue weighted by Gasteiger charge is -2.01. The Labute approximate surface area is 133 Å². The summed E-state index contributed by atoms with van der Waals surface area (Å²) in [4.78, 5) is 15.7. The molecule has 1 aromatic carbocycles. The molecule has 0 amide bonds. The first-order chi connectivity index (χ1) is 11.2. The van der Waals surface area contributed by atoms with Crippen LogP contribution in [0.4, 0.5) is 0 Å². The number of rotatable bonds is 6. The summed E-state index contributed by atoms with van der Waals surface area (Å²) >= 11 is 0. The van der Waals surface area contributed by atoms with Crippen LogP contribution in [-0.2, 0) is 22.6 Å². The molecule has 0 saturated heterocycles. The van der Waals surface area contributed by atoms with Crippen LogP contribution in [0, 0.1) is 6.92 Å². The molecular weight excluding hydrogens is 296 g/mol. The number of aromatic nitrogens is 2. The summed E-state index contributed by atoms with van der Waals surface area (Å²) in [6.07, 6.45) is 0.712. The van der Waals surface area contributed by atoms with Crippen molar-refractivity contribution in [1.82, 2.24) is 10.1 Å². The van der Waals surface area contributed by atoms with E-state index in [0.29, 0.717) is 18.1 Å². The van der Waals surface area contributed by atoms with Crippen LogP contribution in [0.5, 0.6) is 0 Å². The van der Waals surface area contributed by atoms with Gasteiger partial charge in [0, 0.05) is 12.0 Å². The third-order valence-electron chi connectivity index (χ3n) is 3.22. The monoisotopic (exact) mass is 312 g/mol. The summed E-state index contributed by atoms with van der Waals surface area (Å²) in [5, 5.41) is 3.63. The van der Waals surface area contributed by atoms with Gasteiger partial charge in [-0.2, -0.15) is 4.98 Å². The molecular formula is C17H16N2O4. The number of carbonyl (C=O) groups excluding carboxylic acids is 1. The van der Waals surface area contributed by atoms with E-state index in [1.165, 1.54) is 0 Å². The molecule has 3 aromatic rings. The Morgan fingerprint density at radius 1 is 1.17 bits per heavy atom. The molecule has 0 atom stereocenters. The van der Waals surface area contributed by atoms with Crippen molar-refractivity contribution in [3.05, 3.63) is 59.9 Å². The number of nitrogens with zero attached hydrogens (tertiary/aromatic N) is 2. The third-order valence-corrected chi connectivity index (χ3v) is 3.22. The molecule has 6 heteroatoms. The molecule has 0 N–H and O–H groups in total. The standard InChI is InChI=1S/C17H16N2O4/c1-12-18-16(23-19-12)11-21-17(20)10-8-14-7-9-15(22-14)13-5-3-2-4-6-13/h2-7,9H,8,10-11H2,1H3. The molecule has 0 bridgehead atoms. The second kappa shape index (κ2) is 6.91. The highest BCUT2D eigenvalue weighted by molar-refractivity contribution is 5.69. The second-order valence-electron chi connectivity index (χ2n) is 5.03. The van der Waals surface area contributed by atoms with Gasteiger partial charge in [0.05, 0.1) is 6.42 Å². The minimum Gasteiger partial charge on any atom is -0.461 e. The largest absolute Gasteiger partial charge is 0.461 e. The highest BCUT2D eigenvalue weighted by Gasteiger charge is 2.10. The van der Waals surface area contributed by atoms with E-state index >= 15 is 0 Å². The second-order valence-corrected chi connectivity index (χ2v) is 5.03. The molecule has 118 valence electrons. The summed E-state index contributed by atoms with van der Waals surface area (Å²) in [6.45, 7) is 1.70. The lowest BCUT2D eigenvalue weighted by atomic mass is 10.2. The van der Waals surface area contributed by atoms with E-state index < -0.39 is 0 Å². The van der Waals surface area contributed by atoms with Crippen molar-refractivity contribution in [3.8, 4) is 11.3 Å². The predicted molar refractivity (Wildman–Crippen MR) is 81.3 cm³/mol. The van der Waals surface area contributed by atoms with Gasteiger partial charge in [-0.15, -0.1) is 0 Å². The maximum Gasteiger partial charge on any atom is 0.306 e. The topological polar surface area (TPSA) is 78.4 Å². The highest BCUT2D eigenvalue weighted by Crippen LogP contribution is 2.22. The van der Waals surface area contributed by atoms with Gasteiger partial charge in [-0.3, -0.25) is 4.79 Å². The average molecular weight is 312 g/mol. The number of ether oxygens (including phenoxy) is 1. The van der Waals surface area contributed by atoms with Crippen molar-refractivity contribution in [2.45, 2.75) is 26.4 Å². The molecule has 2 heterocycles. The fourth-order valence-corrected chi connectivity index (χ4v) is 2.11. The number of furan rings is 1. The van der Waals surface area contributed by atoms with Crippen molar-refractivity contribution < 1.29 is 18.5 Å². The number of hydrogen-bond donors (Lipinski definition) is 0. The molecule has 0 fully saturated rings. The Hall–Kier alpha value is -2.89. The molecule has 2 aromatic heterocycles.